The highest BCUT2D eigenvalue weighted by Gasteiger charge is 2.33. The van der Waals surface area contributed by atoms with E-state index in [0.717, 1.165) is 6.42 Å². The van der Waals surface area contributed by atoms with Crippen LogP contribution >= 0.6 is 0 Å². The number of nitriles is 1. The Morgan fingerprint density at radius 1 is 1.57 bits per heavy atom. The van der Waals surface area contributed by atoms with Gasteiger partial charge in [0.15, 0.2) is 5.60 Å². The summed E-state index contributed by atoms with van der Waals surface area (Å²) in [4.78, 5) is 0. The van der Waals surface area contributed by atoms with Crippen LogP contribution in [0.15, 0.2) is 0 Å². The molecule has 0 aromatic carbocycles. The highest BCUT2D eigenvalue weighted by atomic mass is 16.3. The second kappa shape index (κ2) is 1.21. The Kier molecular flexibility index (Phi) is 0.795. The predicted octanol–water partition coefficient (Wildman–Crippen LogP) is 0.425. The lowest BCUT2D eigenvalue weighted by atomic mass is 9.82. The SMILES string of the molecule is N#CC1(O)CCC1. The van der Waals surface area contributed by atoms with Gasteiger partial charge in [0.2, 0.25) is 0 Å². The smallest absolute Gasteiger partial charge is 0.151 e. The molecule has 7 heavy (non-hydrogen) atoms. The average molecular weight is 97.1 g/mol. The molecule has 0 aromatic heterocycles. The molecule has 0 aliphatic heterocycles. The largest absolute Gasteiger partial charge is 0.375 e. The molecule has 38 valence electrons. The van der Waals surface area contributed by atoms with Crippen LogP contribution < -0.4 is 0 Å². The van der Waals surface area contributed by atoms with Gasteiger partial charge in [-0.2, -0.15) is 5.26 Å². The molecule has 2 heteroatoms. The first-order valence-corrected chi connectivity index (χ1v) is 2.40. The molecule has 2 nitrogen and oxygen atoms in total. The van der Waals surface area contributed by atoms with Crippen molar-refractivity contribution >= 4 is 0 Å². The maximum absolute atomic E-state index is 8.86. The molecule has 0 amide bonds. The van der Waals surface area contributed by atoms with Gasteiger partial charge in [-0.25, -0.2) is 0 Å². The molecule has 0 atom stereocenters. The van der Waals surface area contributed by atoms with Gasteiger partial charge in [0.25, 0.3) is 0 Å². The molecule has 0 spiro atoms. The van der Waals surface area contributed by atoms with Crippen molar-refractivity contribution in [1.29, 1.82) is 5.26 Å². The van der Waals surface area contributed by atoms with Gasteiger partial charge in [0, 0.05) is 0 Å². The van der Waals surface area contributed by atoms with Crippen molar-refractivity contribution in [2.75, 3.05) is 0 Å². The maximum atomic E-state index is 8.86. The lowest BCUT2D eigenvalue weighted by molar-refractivity contribution is 0.0219. The predicted molar refractivity (Wildman–Crippen MR) is 24.4 cm³/mol. The minimum absolute atomic E-state index is 0.670. The second-order valence-electron chi connectivity index (χ2n) is 2.00. The maximum Gasteiger partial charge on any atom is 0.151 e. The fraction of sp³-hybridized carbons (Fsp3) is 0.800. The summed E-state index contributed by atoms with van der Waals surface area (Å²) in [5.74, 6) is 0. The normalized spacial score (nSPS) is 25.1. The summed E-state index contributed by atoms with van der Waals surface area (Å²) >= 11 is 0. The fourth-order valence-corrected chi connectivity index (χ4v) is 0.623. The van der Waals surface area contributed by atoms with Gasteiger partial charge in [-0.3, -0.25) is 0 Å². The first-order chi connectivity index (χ1) is 3.27. The Balaban J connectivity index is 2.48. The van der Waals surface area contributed by atoms with Crippen LogP contribution in [0.4, 0.5) is 0 Å². The zero-order valence-corrected chi connectivity index (χ0v) is 4.02. The van der Waals surface area contributed by atoms with Gasteiger partial charge in [-0.15, -0.1) is 0 Å². The fourth-order valence-electron chi connectivity index (χ4n) is 0.623. The summed E-state index contributed by atoms with van der Waals surface area (Å²) in [7, 11) is 0. The van der Waals surface area contributed by atoms with Crippen molar-refractivity contribution in [3.8, 4) is 6.07 Å². The van der Waals surface area contributed by atoms with Crippen LogP contribution in [-0.2, 0) is 0 Å². The molecule has 1 rings (SSSR count). The third-order valence-corrected chi connectivity index (χ3v) is 1.39. The zero-order chi connectivity index (χ0) is 5.33. The van der Waals surface area contributed by atoms with Gasteiger partial charge in [-0.1, -0.05) is 0 Å². The first kappa shape index (κ1) is 4.61. The third kappa shape index (κ3) is 0.594. The summed E-state index contributed by atoms with van der Waals surface area (Å²) in [5, 5.41) is 17.0. The molecular weight excluding hydrogens is 90.1 g/mol. The molecule has 1 aliphatic rings. The molecule has 1 saturated carbocycles. The minimum Gasteiger partial charge on any atom is -0.375 e. The molecule has 0 bridgehead atoms. The number of aliphatic hydroxyl groups is 1. The van der Waals surface area contributed by atoms with Gasteiger partial charge < -0.3 is 5.11 Å². The number of nitrogens with zero attached hydrogens (tertiary/aromatic N) is 1. The minimum atomic E-state index is -0.931. The Morgan fingerprint density at radius 2 is 2.14 bits per heavy atom. The lowest BCUT2D eigenvalue weighted by Crippen LogP contribution is -2.34. The van der Waals surface area contributed by atoms with Crippen molar-refractivity contribution in [2.24, 2.45) is 0 Å². The van der Waals surface area contributed by atoms with E-state index >= 15 is 0 Å². The van der Waals surface area contributed by atoms with Gasteiger partial charge in [-0.05, 0) is 19.3 Å². The van der Waals surface area contributed by atoms with Crippen LogP contribution in [0.25, 0.3) is 0 Å². The standard InChI is InChI=1S/C5H7NO/c6-4-5(7)2-1-3-5/h7H,1-3H2. The highest BCUT2D eigenvalue weighted by molar-refractivity contribution is 5.05. The van der Waals surface area contributed by atoms with Crippen LogP contribution in [0.5, 0.6) is 0 Å². The molecule has 0 saturated heterocycles. The average Bonchev–Trinajstić information content (AvgIpc) is 1.61. The van der Waals surface area contributed by atoms with Crippen LogP contribution in [0, 0.1) is 11.3 Å². The number of rotatable bonds is 0. The molecule has 1 fully saturated rings. The Labute approximate surface area is 42.4 Å². The van der Waals surface area contributed by atoms with E-state index in [1.165, 1.54) is 0 Å². The van der Waals surface area contributed by atoms with E-state index in [9.17, 15) is 0 Å². The summed E-state index contributed by atoms with van der Waals surface area (Å²) in [6, 6.07) is 1.83. The van der Waals surface area contributed by atoms with Crippen molar-refractivity contribution in [1.82, 2.24) is 0 Å². The van der Waals surface area contributed by atoms with Gasteiger partial charge in [0.05, 0.1) is 6.07 Å². The summed E-state index contributed by atoms with van der Waals surface area (Å²) in [6.45, 7) is 0. The van der Waals surface area contributed by atoms with Crippen molar-refractivity contribution in [3.05, 3.63) is 0 Å². The number of hydrogen-bond acceptors (Lipinski definition) is 2. The molecule has 0 radical (unpaired) electrons. The van der Waals surface area contributed by atoms with E-state index in [1.54, 1.807) is 0 Å². The second-order valence-corrected chi connectivity index (χ2v) is 2.00. The third-order valence-electron chi connectivity index (χ3n) is 1.39. The highest BCUT2D eigenvalue weighted by Crippen LogP contribution is 2.29. The molecule has 0 heterocycles. The van der Waals surface area contributed by atoms with Gasteiger partial charge >= 0.3 is 0 Å². The van der Waals surface area contributed by atoms with E-state index in [0.29, 0.717) is 12.8 Å². The topological polar surface area (TPSA) is 44.0 Å². The summed E-state index contributed by atoms with van der Waals surface area (Å²) in [5.41, 5.74) is -0.931. The van der Waals surface area contributed by atoms with Crippen LogP contribution in [0.2, 0.25) is 0 Å². The molecule has 0 aromatic rings. The first-order valence-electron chi connectivity index (χ1n) is 2.40. The van der Waals surface area contributed by atoms with Crippen LogP contribution in [0.1, 0.15) is 19.3 Å². The van der Waals surface area contributed by atoms with E-state index in [4.69, 9.17) is 10.4 Å². The summed E-state index contributed by atoms with van der Waals surface area (Å²) in [6.07, 6.45) is 2.34. The Bertz CT molecular complexity index is 110. The van der Waals surface area contributed by atoms with E-state index in [1.807, 2.05) is 6.07 Å². The summed E-state index contributed by atoms with van der Waals surface area (Å²) < 4.78 is 0. The molecule has 1 N–H and O–H groups in total. The Morgan fingerprint density at radius 3 is 2.14 bits per heavy atom. The van der Waals surface area contributed by atoms with Crippen molar-refractivity contribution < 1.29 is 5.11 Å². The van der Waals surface area contributed by atoms with Gasteiger partial charge in [0.1, 0.15) is 0 Å². The van der Waals surface area contributed by atoms with Crippen molar-refractivity contribution in [3.63, 3.8) is 0 Å². The van der Waals surface area contributed by atoms with Crippen LogP contribution in [0.3, 0.4) is 0 Å². The zero-order valence-electron chi connectivity index (χ0n) is 4.02. The quantitative estimate of drug-likeness (QED) is 0.445. The molecule has 1 aliphatic carbocycles. The number of hydrogen-bond donors (Lipinski definition) is 1. The monoisotopic (exact) mass is 97.1 g/mol. The van der Waals surface area contributed by atoms with Crippen LogP contribution in [-0.4, -0.2) is 10.7 Å². The van der Waals surface area contributed by atoms with Crippen molar-refractivity contribution in [2.45, 2.75) is 24.9 Å². The lowest BCUT2D eigenvalue weighted by Gasteiger charge is -2.28. The van der Waals surface area contributed by atoms with E-state index < -0.39 is 5.60 Å². The molecule has 0 unspecified atom stereocenters. The van der Waals surface area contributed by atoms with E-state index in [-0.39, 0.29) is 0 Å². The Hall–Kier alpha value is -0.550. The van der Waals surface area contributed by atoms with E-state index in [2.05, 4.69) is 0 Å². The molecular formula is C5H7NO.